The number of carbonyl (C=O) groups excluding carboxylic acids is 2. The molecule has 0 saturated carbocycles. The van der Waals surface area contributed by atoms with E-state index in [1.54, 1.807) is 0 Å². The van der Waals surface area contributed by atoms with Gasteiger partial charge >= 0.3 is 0 Å². The van der Waals surface area contributed by atoms with Crippen molar-refractivity contribution in [3.63, 3.8) is 0 Å². The topological polar surface area (TPSA) is 58.2 Å². The lowest BCUT2D eigenvalue weighted by Gasteiger charge is -2.20. The van der Waals surface area contributed by atoms with Crippen molar-refractivity contribution in [1.82, 2.24) is 5.32 Å². The zero-order valence-corrected chi connectivity index (χ0v) is 11.0. The Morgan fingerprint density at radius 2 is 2.17 bits per heavy atom. The van der Waals surface area contributed by atoms with Crippen molar-refractivity contribution in [2.24, 2.45) is 0 Å². The summed E-state index contributed by atoms with van der Waals surface area (Å²) in [5, 5.41) is 5.31. The minimum absolute atomic E-state index is 0.0368. The molecule has 1 aliphatic rings. The maximum absolute atomic E-state index is 11.8. The number of nitrogens with one attached hydrogen (secondary N) is 2. The quantitative estimate of drug-likeness (QED) is 0.871. The van der Waals surface area contributed by atoms with Crippen molar-refractivity contribution in [1.29, 1.82) is 0 Å². The molecule has 0 aromatic heterocycles. The highest BCUT2D eigenvalue weighted by atomic mass is 32.2. The SMILES string of the molecule is Cc1ccc(NC(=O)CC2SCCNC2=O)cc1. The monoisotopic (exact) mass is 264 g/mol. The number of carbonyl (C=O) groups is 2. The van der Waals surface area contributed by atoms with Gasteiger partial charge in [-0.2, -0.15) is 0 Å². The standard InChI is InChI=1S/C13H16N2O2S/c1-9-2-4-10(5-3-9)15-12(16)8-11-13(17)14-6-7-18-11/h2-5,11H,6-8H2,1H3,(H,14,17)(H,15,16). The first-order valence-corrected chi connectivity index (χ1v) is 6.96. The van der Waals surface area contributed by atoms with Crippen molar-refractivity contribution in [3.05, 3.63) is 29.8 Å². The van der Waals surface area contributed by atoms with Gasteiger partial charge in [0.05, 0.1) is 5.25 Å². The van der Waals surface area contributed by atoms with Crippen LogP contribution in [-0.4, -0.2) is 29.4 Å². The molecule has 0 spiro atoms. The van der Waals surface area contributed by atoms with Gasteiger partial charge in [-0.15, -0.1) is 11.8 Å². The number of hydrogen-bond donors (Lipinski definition) is 2. The van der Waals surface area contributed by atoms with Crippen LogP contribution in [0, 0.1) is 6.92 Å². The van der Waals surface area contributed by atoms with Crippen molar-refractivity contribution in [2.75, 3.05) is 17.6 Å². The first-order chi connectivity index (χ1) is 8.65. The molecule has 2 amide bonds. The number of benzene rings is 1. The molecule has 2 N–H and O–H groups in total. The Morgan fingerprint density at radius 1 is 1.44 bits per heavy atom. The maximum Gasteiger partial charge on any atom is 0.233 e. The Hall–Kier alpha value is -1.49. The predicted molar refractivity (Wildman–Crippen MR) is 73.7 cm³/mol. The minimum Gasteiger partial charge on any atom is -0.354 e. The molecule has 5 heteroatoms. The summed E-state index contributed by atoms with van der Waals surface area (Å²) in [5.41, 5.74) is 1.92. The third-order valence-electron chi connectivity index (χ3n) is 2.72. The Kier molecular flexibility index (Phi) is 4.25. The van der Waals surface area contributed by atoms with Crippen molar-refractivity contribution < 1.29 is 9.59 Å². The van der Waals surface area contributed by atoms with E-state index in [4.69, 9.17) is 0 Å². The van der Waals surface area contributed by atoms with Gasteiger partial charge in [0, 0.05) is 24.4 Å². The van der Waals surface area contributed by atoms with E-state index in [-0.39, 0.29) is 23.5 Å². The molecular weight excluding hydrogens is 248 g/mol. The lowest BCUT2D eigenvalue weighted by atomic mass is 10.2. The fraction of sp³-hybridized carbons (Fsp3) is 0.385. The van der Waals surface area contributed by atoms with Crippen LogP contribution in [0.1, 0.15) is 12.0 Å². The lowest BCUT2D eigenvalue weighted by Crippen LogP contribution is -2.40. The van der Waals surface area contributed by atoms with E-state index in [0.29, 0.717) is 6.54 Å². The average Bonchev–Trinajstić information content (AvgIpc) is 2.35. The van der Waals surface area contributed by atoms with E-state index in [2.05, 4.69) is 10.6 Å². The molecule has 4 nitrogen and oxygen atoms in total. The smallest absolute Gasteiger partial charge is 0.233 e. The molecule has 1 unspecified atom stereocenters. The van der Waals surface area contributed by atoms with Gasteiger partial charge in [0.1, 0.15) is 0 Å². The maximum atomic E-state index is 11.8. The Morgan fingerprint density at radius 3 is 2.83 bits per heavy atom. The van der Waals surface area contributed by atoms with Crippen LogP contribution in [0.5, 0.6) is 0 Å². The van der Waals surface area contributed by atoms with E-state index < -0.39 is 0 Å². The van der Waals surface area contributed by atoms with Gasteiger partial charge in [0.2, 0.25) is 11.8 Å². The number of thioether (sulfide) groups is 1. The van der Waals surface area contributed by atoms with E-state index in [1.807, 2.05) is 31.2 Å². The second-order valence-electron chi connectivity index (χ2n) is 4.27. The summed E-state index contributed by atoms with van der Waals surface area (Å²) >= 11 is 1.54. The van der Waals surface area contributed by atoms with Crippen molar-refractivity contribution >= 4 is 29.3 Å². The highest BCUT2D eigenvalue weighted by molar-refractivity contribution is 8.00. The largest absolute Gasteiger partial charge is 0.354 e. The molecule has 1 aromatic rings. The summed E-state index contributed by atoms with van der Waals surface area (Å²) < 4.78 is 0. The molecule has 1 atom stereocenters. The van der Waals surface area contributed by atoms with E-state index in [0.717, 1.165) is 17.0 Å². The molecule has 1 fully saturated rings. The molecular formula is C13H16N2O2S. The Labute approximate surface area is 111 Å². The lowest BCUT2D eigenvalue weighted by molar-refractivity contribution is -0.123. The molecule has 0 aliphatic carbocycles. The molecule has 18 heavy (non-hydrogen) atoms. The van der Waals surface area contributed by atoms with Crippen LogP contribution in [0.25, 0.3) is 0 Å². The third-order valence-corrected chi connectivity index (χ3v) is 3.94. The Balaban J connectivity index is 1.88. The summed E-state index contributed by atoms with van der Waals surface area (Å²) in [5.74, 6) is 0.715. The minimum atomic E-state index is -0.260. The van der Waals surface area contributed by atoms with Gasteiger partial charge < -0.3 is 10.6 Å². The van der Waals surface area contributed by atoms with Gasteiger partial charge in [-0.1, -0.05) is 17.7 Å². The fourth-order valence-corrected chi connectivity index (χ4v) is 2.74. The summed E-state index contributed by atoms with van der Waals surface area (Å²) in [6.45, 7) is 2.69. The second kappa shape index (κ2) is 5.91. The van der Waals surface area contributed by atoms with Crippen LogP contribution in [0.3, 0.4) is 0 Å². The van der Waals surface area contributed by atoms with E-state index >= 15 is 0 Å². The van der Waals surface area contributed by atoms with Gasteiger partial charge in [0.15, 0.2) is 0 Å². The van der Waals surface area contributed by atoms with Crippen LogP contribution in [0.4, 0.5) is 5.69 Å². The molecule has 2 rings (SSSR count). The third kappa shape index (κ3) is 3.50. The molecule has 0 radical (unpaired) electrons. The first kappa shape index (κ1) is 13.0. The summed E-state index contributed by atoms with van der Waals surface area (Å²) in [6.07, 6.45) is 0.227. The summed E-state index contributed by atoms with van der Waals surface area (Å²) in [7, 11) is 0. The number of hydrogen-bond acceptors (Lipinski definition) is 3. The summed E-state index contributed by atoms with van der Waals surface area (Å²) in [4.78, 5) is 23.3. The molecule has 0 bridgehead atoms. The van der Waals surface area contributed by atoms with Gasteiger partial charge in [-0.05, 0) is 19.1 Å². The van der Waals surface area contributed by atoms with E-state index in [9.17, 15) is 9.59 Å². The zero-order valence-electron chi connectivity index (χ0n) is 10.2. The van der Waals surface area contributed by atoms with Crippen molar-refractivity contribution in [2.45, 2.75) is 18.6 Å². The van der Waals surface area contributed by atoms with Crippen LogP contribution in [0.2, 0.25) is 0 Å². The van der Waals surface area contributed by atoms with Crippen LogP contribution < -0.4 is 10.6 Å². The molecule has 1 aliphatic heterocycles. The molecule has 96 valence electrons. The fourth-order valence-electron chi connectivity index (χ4n) is 1.73. The molecule has 1 heterocycles. The highest BCUT2D eigenvalue weighted by Gasteiger charge is 2.25. The average molecular weight is 264 g/mol. The van der Waals surface area contributed by atoms with Crippen LogP contribution in [0.15, 0.2) is 24.3 Å². The molecule has 1 saturated heterocycles. The number of amides is 2. The van der Waals surface area contributed by atoms with Gasteiger partial charge in [-0.3, -0.25) is 9.59 Å². The zero-order chi connectivity index (χ0) is 13.0. The van der Waals surface area contributed by atoms with Gasteiger partial charge in [0.25, 0.3) is 0 Å². The first-order valence-electron chi connectivity index (χ1n) is 5.91. The normalized spacial score (nSPS) is 19.2. The number of rotatable bonds is 3. The number of anilines is 1. The van der Waals surface area contributed by atoms with Crippen LogP contribution in [-0.2, 0) is 9.59 Å². The van der Waals surface area contributed by atoms with E-state index in [1.165, 1.54) is 11.8 Å². The van der Waals surface area contributed by atoms with Gasteiger partial charge in [-0.25, -0.2) is 0 Å². The second-order valence-corrected chi connectivity index (χ2v) is 5.58. The number of aryl methyl sites for hydroxylation is 1. The van der Waals surface area contributed by atoms with Crippen LogP contribution >= 0.6 is 11.8 Å². The molecule has 1 aromatic carbocycles. The predicted octanol–water partition coefficient (Wildman–Crippen LogP) is 1.56. The summed E-state index contributed by atoms with van der Waals surface area (Å²) in [6, 6.07) is 7.61. The van der Waals surface area contributed by atoms with Crippen molar-refractivity contribution in [3.8, 4) is 0 Å². The Bertz CT molecular complexity index is 445. The highest BCUT2D eigenvalue weighted by Crippen LogP contribution is 2.19.